The maximum atomic E-state index is 11.1. The summed E-state index contributed by atoms with van der Waals surface area (Å²) >= 11 is 0. The molecule has 0 aliphatic rings. The van der Waals surface area contributed by atoms with E-state index >= 15 is 0 Å². The minimum atomic E-state index is -0.411. The molecule has 0 aromatic carbocycles. The van der Waals surface area contributed by atoms with Gasteiger partial charge in [-0.25, -0.2) is 0 Å². The standard InChI is InChI=1S/C8H18N2O2/c1-8(2,6-9)12-5-7(11)10(3)4/h5-6,9H2,1-4H3. The lowest BCUT2D eigenvalue weighted by Gasteiger charge is -2.23. The van der Waals surface area contributed by atoms with Crippen molar-refractivity contribution in [1.82, 2.24) is 4.90 Å². The molecule has 2 N–H and O–H groups in total. The smallest absolute Gasteiger partial charge is 0.248 e. The average molecular weight is 174 g/mol. The number of carbonyl (C=O) groups is 1. The first-order chi connectivity index (χ1) is 5.39. The summed E-state index contributed by atoms with van der Waals surface area (Å²) in [5.74, 6) is -0.0449. The zero-order chi connectivity index (χ0) is 9.78. The summed E-state index contributed by atoms with van der Waals surface area (Å²) in [6.07, 6.45) is 0. The Balaban J connectivity index is 3.76. The molecule has 0 radical (unpaired) electrons. The number of amides is 1. The predicted octanol–water partition coefficient (Wildman–Crippen LogP) is -0.171. The van der Waals surface area contributed by atoms with Crippen LogP contribution in [-0.4, -0.2) is 43.7 Å². The fourth-order valence-electron chi connectivity index (χ4n) is 0.445. The van der Waals surface area contributed by atoms with Crippen molar-refractivity contribution in [2.24, 2.45) is 5.73 Å². The van der Waals surface area contributed by atoms with Crippen LogP contribution in [0.3, 0.4) is 0 Å². The first-order valence-electron chi connectivity index (χ1n) is 3.93. The van der Waals surface area contributed by atoms with E-state index < -0.39 is 5.60 Å². The van der Waals surface area contributed by atoms with Gasteiger partial charge in [0.05, 0.1) is 5.60 Å². The monoisotopic (exact) mass is 174 g/mol. The predicted molar refractivity (Wildman–Crippen MR) is 47.8 cm³/mol. The summed E-state index contributed by atoms with van der Waals surface area (Å²) in [5.41, 5.74) is 5.01. The van der Waals surface area contributed by atoms with Gasteiger partial charge in [0.1, 0.15) is 6.61 Å². The fraction of sp³-hybridized carbons (Fsp3) is 0.875. The summed E-state index contributed by atoms with van der Waals surface area (Å²) < 4.78 is 5.29. The van der Waals surface area contributed by atoms with Gasteiger partial charge in [0.2, 0.25) is 5.91 Å². The molecule has 72 valence electrons. The van der Waals surface area contributed by atoms with Gasteiger partial charge in [-0.3, -0.25) is 4.79 Å². The van der Waals surface area contributed by atoms with Crippen LogP contribution in [0.4, 0.5) is 0 Å². The second-order valence-electron chi connectivity index (χ2n) is 3.54. The van der Waals surface area contributed by atoms with E-state index in [1.54, 1.807) is 14.1 Å². The molecule has 0 aliphatic carbocycles. The summed E-state index contributed by atoms with van der Waals surface area (Å²) in [4.78, 5) is 12.6. The summed E-state index contributed by atoms with van der Waals surface area (Å²) in [6.45, 7) is 4.22. The molecular formula is C8H18N2O2. The van der Waals surface area contributed by atoms with Crippen molar-refractivity contribution in [2.75, 3.05) is 27.2 Å². The van der Waals surface area contributed by atoms with Gasteiger partial charge >= 0.3 is 0 Å². The van der Waals surface area contributed by atoms with Gasteiger partial charge in [-0.1, -0.05) is 0 Å². The lowest BCUT2D eigenvalue weighted by atomic mass is 10.1. The van der Waals surface area contributed by atoms with Gasteiger partial charge in [0.15, 0.2) is 0 Å². The Morgan fingerprint density at radius 3 is 2.33 bits per heavy atom. The lowest BCUT2D eigenvalue weighted by Crippen LogP contribution is -2.38. The van der Waals surface area contributed by atoms with Crippen LogP contribution < -0.4 is 5.73 Å². The Labute approximate surface area is 73.7 Å². The van der Waals surface area contributed by atoms with Gasteiger partial charge in [-0.05, 0) is 13.8 Å². The molecule has 1 amide bonds. The van der Waals surface area contributed by atoms with Gasteiger partial charge in [-0.2, -0.15) is 0 Å². The SMILES string of the molecule is CN(C)C(=O)COC(C)(C)CN. The third-order valence-corrected chi connectivity index (χ3v) is 1.58. The third-order valence-electron chi connectivity index (χ3n) is 1.58. The number of hydrogen-bond donors (Lipinski definition) is 1. The second kappa shape index (κ2) is 4.42. The Morgan fingerprint density at radius 1 is 1.50 bits per heavy atom. The maximum absolute atomic E-state index is 11.1. The molecule has 0 rings (SSSR count). The minimum absolute atomic E-state index is 0.0449. The summed E-state index contributed by atoms with van der Waals surface area (Å²) in [6, 6.07) is 0. The van der Waals surface area contributed by atoms with E-state index in [2.05, 4.69) is 0 Å². The Bertz CT molecular complexity index is 155. The highest BCUT2D eigenvalue weighted by Gasteiger charge is 2.17. The number of nitrogens with zero attached hydrogens (tertiary/aromatic N) is 1. The zero-order valence-electron chi connectivity index (χ0n) is 8.26. The molecule has 4 heteroatoms. The number of nitrogens with two attached hydrogens (primary N) is 1. The molecule has 0 aliphatic heterocycles. The van der Waals surface area contributed by atoms with Crippen molar-refractivity contribution in [1.29, 1.82) is 0 Å². The minimum Gasteiger partial charge on any atom is -0.364 e. The van der Waals surface area contributed by atoms with Crippen molar-refractivity contribution < 1.29 is 9.53 Å². The normalized spacial score (nSPS) is 11.4. The Hall–Kier alpha value is -0.610. The molecule has 0 aromatic heterocycles. The number of hydrogen-bond acceptors (Lipinski definition) is 3. The van der Waals surface area contributed by atoms with Crippen LogP contribution in [0.25, 0.3) is 0 Å². The summed E-state index contributed by atoms with van der Waals surface area (Å²) in [5, 5.41) is 0. The molecule has 0 heterocycles. The highest BCUT2D eigenvalue weighted by Crippen LogP contribution is 2.05. The maximum Gasteiger partial charge on any atom is 0.248 e. The molecule has 0 spiro atoms. The van der Waals surface area contributed by atoms with E-state index in [0.29, 0.717) is 6.54 Å². The molecule has 0 unspecified atom stereocenters. The van der Waals surface area contributed by atoms with Crippen molar-refractivity contribution in [3.05, 3.63) is 0 Å². The van der Waals surface area contributed by atoms with Crippen LogP contribution in [0, 0.1) is 0 Å². The number of rotatable bonds is 4. The third kappa shape index (κ3) is 4.31. The Kier molecular flexibility index (Phi) is 4.20. The van der Waals surface area contributed by atoms with Gasteiger partial charge < -0.3 is 15.4 Å². The molecule has 12 heavy (non-hydrogen) atoms. The van der Waals surface area contributed by atoms with Gasteiger partial charge in [-0.15, -0.1) is 0 Å². The first kappa shape index (κ1) is 11.4. The molecular weight excluding hydrogens is 156 g/mol. The lowest BCUT2D eigenvalue weighted by molar-refractivity contribution is -0.138. The first-order valence-corrected chi connectivity index (χ1v) is 3.93. The van der Waals surface area contributed by atoms with Crippen molar-refractivity contribution in [3.63, 3.8) is 0 Å². The van der Waals surface area contributed by atoms with Crippen LogP contribution in [0.2, 0.25) is 0 Å². The topological polar surface area (TPSA) is 55.6 Å². The largest absolute Gasteiger partial charge is 0.364 e. The van der Waals surface area contributed by atoms with Crippen LogP contribution in [0.1, 0.15) is 13.8 Å². The van der Waals surface area contributed by atoms with Crippen molar-refractivity contribution >= 4 is 5.91 Å². The average Bonchev–Trinajstić information content (AvgIpc) is 2.00. The second-order valence-corrected chi connectivity index (χ2v) is 3.54. The highest BCUT2D eigenvalue weighted by atomic mass is 16.5. The van der Waals surface area contributed by atoms with Crippen molar-refractivity contribution in [2.45, 2.75) is 19.4 Å². The van der Waals surface area contributed by atoms with Gasteiger partial charge in [0.25, 0.3) is 0 Å². The molecule has 0 saturated heterocycles. The van der Waals surface area contributed by atoms with Crippen LogP contribution in [0.15, 0.2) is 0 Å². The van der Waals surface area contributed by atoms with E-state index in [0.717, 1.165) is 0 Å². The highest BCUT2D eigenvalue weighted by molar-refractivity contribution is 5.76. The van der Waals surface area contributed by atoms with E-state index in [1.165, 1.54) is 4.90 Å². The van der Waals surface area contributed by atoms with Crippen LogP contribution in [0.5, 0.6) is 0 Å². The van der Waals surface area contributed by atoms with E-state index in [-0.39, 0.29) is 12.5 Å². The molecule has 0 fully saturated rings. The number of ether oxygens (including phenoxy) is 1. The molecule has 0 aromatic rings. The number of likely N-dealkylation sites (N-methyl/N-ethyl adjacent to an activating group) is 1. The molecule has 0 atom stereocenters. The molecule has 0 bridgehead atoms. The van der Waals surface area contributed by atoms with Crippen LogP contribution >= 0.6 is 0 Å². The van der Waals surface area contributed by atoms with Crippen LogP contribution in [-0.2, 0) is 9.53 Å². The van der Waals surface area contributed by atoms with E-state index in [4.69, 9.17) is 10.5 Å². The van der Waals surface area contributed by atoms with E-state index in [9.17, 15) is 4.79 Å². The molecule has 0 saturated carbocycles. The van der Waals surface area contributed by atoms with E-state index in [1.807, 2.05) is 13.8 Å². The summed E-state index contributed by atoms with van der Waals surface area (Å²) in [7, 11) is 3.39. The number of carbonyl (C=O) groups excluding carboxylic acids is 1. The molecule has 4 nitrogen and oxygen atoms in total. The van der Waals surface area contributed by atoms with Gasteiger partial charge in [0, 0.05) is 20.6 Å². The quantitative estimate of drug-likeness (QED) is 0.643. The zero-order valence-corrected chi connectivity index (χ0v) is 8.26. The fourth-order valence-corrected chi connectivity index (χ4v) is 0.445. The Morgan fingerprint density at radius 2 is 2.00 bits per heavy atom. The van der Waals surface area contributed by atoms with Crippen molar-refractivity contribution in [3.8, 4) is 0 Å².